The lowest BCUT2D eigenvalue weighted by molar-refractivity contribution is -0.146. The number of esters is 1. The molecule has 0 N–H and O–H groups in total. The van der Waals surface area contributed by atoms with Crippen LogP contribution in [-0.2, 0) is 32.1 Å². The van der Waals surface area contributed by atoms with E-state index in [-0.39, 0.29) is 28.7 Å². The first-order valence-corrected chi connectivity index (χ1v) is 11.5. The van der Waals surface area contributed by atoms with E-state index >= 15 is 0 Å². The van der Waals surface area contributed by atoms with E-state index in [1.807, 2.05) is 0 Å². The van der Waals surface area contributed by atoms with Crippen LogP contribution in [0.2, 0.25) is 0 Å². The standard InChI is InChI=1S/C19H16BrF3N2O5S/c1-3-29-15(26)10-25-17(16(20)18(24-25)19(21,22)23)14-8-7-13(30-14)11-5-4-6-12(9-11)31(2,27)28/h4-9H,3,10H2,1-2H3. The minimum absolute atomic E-state index is 0.000989. The average molecular weight is 521 g/mol. The van der Waals surface area contributed by atoms with Crippen molar-refractivity contribution in [2.45, 2.75) is 24.5 Å². The maximum Gasteiger partial charge on any atom is 0.436 e. The maximum absolute atomic E-state index is 13.4. The molecule has 0 aliphatic heterocycles. The molecule has 0 spiro atoms. The Morgan fingerprint density at radius 2 is 1.90 bits per heavy atom. The van der Waals surface area contributed by atoms with Crippen LogP contribution in [0.1, 0.15) is 12.6 Å². The lowest BCUT2D eigenvalue weighted by Crippen LogP contribution is -2.16. The lowest BCUT2D eigenvalue weighted by Gasteiger charge is -2.06. The molecule has 7 nitrogen and oxygen atoms in total. The highest BCUT2D eigenvalue weighted by atomic mass is 79.9. The van der Waals surface area contributed by atoms with Gasteiger partial charge in [-0.05, 0) is 47.1 Å². The van der Waals surface area contributed by atoms with E-state index in [4.69, 9.17) is 9.15 Å². The quantitative estimate of drug-likeness (QED) is 0.442. The van der Waals surface area contributed by atoms with Gasteiger partial charge in [0.05, 0.1) is 16.0 Å². The Hall–Kier alpha value is -2.60. The largest absolute Gasteiger partial charge is 0.465 e. The molecule has 0 aliphatic rings. The van der Waals surface area contributed by atoms with Gasteiger partial charge in [-0.25, -0.2) is 13.1 Å². The Morgan fingerprint density at radius 3 is 2.52 bits per heavy atom. The van der Waals surface area contributed by atoms with Gasteiger partial charge in [0.15, 0.2) is 21.3 Å². The van der Waals surface area contributed by atoms with Crippen LogP contribution in [0.5, 0.6) is 0 Å². The summed E-state index contributed by atoms with van der Waals surface area (Å²) in [5.74, 6) is -0.538. The molecule has 166 valence electrons. The number of aromatic nitrogens is 2. The smallest absolute Gasteiger partial charge is 0.436 e. The molecule has 0 unspecified atom stereocenters. The van der Waals surface area contributed by atoms with Crippen LogP contribution < -0.4 is 0 Å². The second-order valence-corrected chi connectivity index (χ2v) is 9.24. The molecular weight excluding hydrogens is 505 g/mol. The Labute approximate surface area is 183 Å². The van der Waals surface area contributed by atoms with Crippen molar-refractivity contribution in [2.75, 3.05) is 12.9 Å². The number of nitrogens with zero attached hydrogens (tertiary/aromatic N) is 2. The van der Waals surface area contributed by atoms with E-state index < -0.39 is 38.7 Å². The predicted octanol–water partition coefficient (Wildman–Crippen LogP) is 4.56. The van der Waals surface area contributed by atoms with Crippen LogP contribution in [0, 0.1) is 0 Å². The first-order valence-electron chi connectivity index (χ1n) is 8.81. The highest BCUT2D eigenvalue weighted by Gasteiger charge is 2.39. The van der Waals surface area contributed by atoms with E-state index in [2.05, 4.69) is 21.0 Å². The fourth-order valence-electron chi connectivity index (χ4n) is 2.80. The van der Waals surface area contributed by atoms with Gasteiger partial charge in [-0.15, -0.1) is 0 Å². The Morgan fingerprint density at radius 1 is 1.23 bits per heavy atom. The van der Waals surface area contributed by atoms with Crippen LogP contribution in [0.4, 0.5) is 13.2 Å². The summed E-state index contributed by atoms with van der Waals surface area (Å²) >= 11 is 2.91. The zero-order valence-corrected chi connectivity index (χ0v) is 18.6. The molecule has 1 aromatic carbocycles. The second kappa shape index (κ2) is 8.50. The summed E-state index contributed by atoms with van der Waals surface area (Å²) in [6, 6.07) is 8.83. The summed E-state index contributed by atoms with van der Waals surface area (Å²) < 4.78 is 74.6. The van der Waals surface area contributed by atoms with Gasteiger partial charge in [0.1, 0.15) is 18.0 Å². The summed E-state index contributed by atoms with van der Waals surface area (Å²) in [6.07, 6.45) is -3.71. The zero-order chi connectivity index (χ0) is 23.0. The topological polar surface area (TPSA) is 91.4 Å². The van der Waals surface area contributed by atoms with Crippen LogP contribution in [-0.4, -0.2) is 37.0 Å². The maximum atomic E-state index is 13.4. The van der Waals surface area contributed by atoms with Crippen LogP contribution in [0.25, 0.3) is 22.8 Å². The van der Waals surface area contributed by atoms with Crippen molar-refractivity contribution < 1.29 is 35.5 Å². The molecule has 3 aromatic rings. The molecule has 0 bridgehead atoms. The second-order valence-electron chi connectivity index (χ2n) is 6.44. The highest BCUT2D eigenvalue weighted by molar-refractivity contribution is 9.10. The zero-order valence-electron chi connectivity index (χ0n) is 16.2. The van der Waals surface area contributed by atoms with Gasteiger partial charge in [-0.1, -0.05) is 12.1 Å². The third-order valence-corrected chi connectivity index (χ3v) is 5.99. The van der Waals surface area contributed by atoms with Crippen molar-refractivity contribution in [3.05, 3.63) is 46.6 Å². The normalized spacial score (nSPS) is 12.2. The van der Waals surface area contributed by atoms with Crippen molar-refractivity contribution in [2.24, 2.45) is 0 Å². The molecule has 0 radical (unpaired) electrons. The molecule has 0 fully saturated rings. The van der Waals surface area contributed by atoms with Gasteiger partial charge in [0, 0.05) is 11.8 Å². The number of halogens is 4. The molecule has 0 saturated heterocycles. The number of carbonyl (C=O) groups excluding carboxylic acids is 1. The van der Waals surface area contributed by atoms with Crippen molar-refractivity contribution in [3.8, 4) is 22.8 Å². The molecule has 0 saturated carbocycles. The van der Waals surface area contributed by atoms with Gasteiger partial charge in [0.25, 0.3) is 0 Å². The average Bonchev–Trinajstić information content (AvgIpc) is 3.25. The number of benzene rings is 1. The van der Waals surface area contributed by atoms with E-state index in [0.717, 1.165) is 10.9 Å². The molecule has 0 aliphatic carbocycles. The van der Waals surface area contributed by atoms with Crippen molar-refractivity contribution in [1.82, 2.24) is 9.78 Å². The third kappa shape index (κ3) is 5.01. The van der Waals surface area contributed by atoms with Gasteiger partial charge >= 0.3 is 12.1 Å². The van der Waals surface area contributed by atoms with Crippen LogP contribution >= 0.6 is 15.9 Å². The Bertz CT molecular complexity index is 1230. The summed E-state index contributed by atoms with van der Waals surface area (Å²) in [6.45, 7) is 1.07. The van der Waals surface area contributed by atoms with E-state index in [9.17, 15) is 26.4 Å². The SMILES string of the molecule is CCOC(=O)Cn1nc(C(F)(F)F)c(Br)c1-c1ccc(-c2cccc(S(C)(=O)=O)c2)o1. The molecule has 0 amide bonds. The highest BCUT2D eigenvalue weighted by Crippen LogP contribution is 2.41. The van der Waals surface area contributed by atoms with Gasteiger partial charge < -0.3 is 9.15 Å². The molecule has 12 heteroatoms. The van der Waals surface area contributed by atoms with Crippen molar-refractivity contribution in [3.63, 3.8) is 0 Å². The fraction of sp³-hybridized carbons (Fsp3) is 0.263. The third-order valence-electron chi connectivity index (χ3n) is 4.13. The first kappa shape index (κ1) is 23.1. The molecule has 31 heavy (non-hydrogen) atoms. The van der Waals surface area contributed by atoms with Crippen molar-refractivity contribution in [1.29, 1.82) is 0 Å². The van der Waals surface area contributed by atoms with Gasteiger partial charge in [-0.3, -0.25) is 4.79 Å². The summed E-state index contributed by atoms with van der Waals surface area (Å²) in [7, 11) is -3.46. The Kier molecular flexibility index (Phi) is 6.33. The fourth-order valence-corrected chi connectivity index (χ4v) is 4.17. The van der Waals surface area contributed by atoms with E-state index in [1.165, 1.54) is 30.3 Å². The molecule has 3 rings (SSSR count). The number of furan rings is 1. The van der Waals surface area contributed by atoms with Crippen LogP contribution in [0.15, 0.2) is 50.2 Å². The molecule has 0 atom stereocenters. The predicted molar refractivity (Wildman–Crippen MR) is 108 cm³/mol. The molecular formula is C19H16BrF3N2O5S. The number of carbonyl (C=O) groups is 1. The monoisotopic (exact) mass is 520 g/mol. The van der Waals surface area contributed by atoms with Crippen LogP contribution in [0.3, 0.4) is 0 Å². The van der Waals surface area contributed by atoms with Gasteiger partial charge in [0.2, 0.25) is 0 Å². The van der Waals surface area contributed by atoms with Gasteiger partial charge in [-0.2, -0.15) is 18.3 Å². The number of rotatable bonds is 6. The summed E-state index contributed by atoms with van der Waals surface area (Å²) in [5, 5.41) is 3.51. The number of ether oxygens (including phenoxy) is 1. The number of hydrogen-bond donors (Lipinski definition) is 0. The van der Waals surface area contributed by atoms with E-state index in [1.54, 1.807) is 13.0 Å². The van der Waals surface area contributed by atoms with E-state index in [0.29, 0.717) is 5.56 Å². The minimum Gasteiger partial charge on any atom is -0.465 e. The molecule has 2 heterocycles. The first-order chi connectivity index (χ1) is 14.4. The minimum atomic E-state index is -4.77. The van der Waals surface area contributed by atoms with Crippen molar-refractivity contribution >= 4 is 31.7 Å². The Balaban J connectivity index is 2.08. The number of sulfone groups is 1. The summed E-state index contributed by atoms with van der Waals surface area (Å²) in [4.78, 5) is 11.9. The number of alkyl halides is 3. The number of hydrogen-bond acceptors (Lipinski definition) is 6. The summed E-state index contributed by atoms with van der Waals surface area (Å²) in [5.41, 5.74) is -0.910. The molecule has 2 aromatic heterocycles. The lowest BCUT2D eigenvalue weighted by atomic mass is 10.2.